The molecular formula is C28H28N2O5. The molecule has 1 spiro atoms. The van der Waals surface area contributed by atoms with E-state index in [2.05, 4.69) is 0 Å². The molecule has 2 aromatic carbocycles. The number of para-hydroxylation sites is 1. The third kappa shape index (κ3) is 2.85. The SMILES string of the molecule is CCCN1C(=O)C2(c3ccccc31)c1c(oc3cc(C)c(C)cc3c1=O)C(=O)N2CC1CCCO1. The minimum atomic E-state index is -1.56. The number of ether oxygens (including phenoxy) is 1. The van der Waals surface area contributed by atoms with Crippen LogP contribution in [0, 0.1) is 13.8 Å². The zero-order chi connectivity index (χ0) is 24.5. The molecule has 6 rings (SSSR count). The van der Waals surface area contributed by atoms with Crippen molar-refractivity contribution in [2.24, 2.45) is 0 Å². The van der Waals surface area contributed by atoms with E-state index >= 15 is 0 Å². The van der Waals surface area contributed by atoms with Gasteiger partial charge in [0.15, 0.2) is 11.0 Å². The zero-order valence-electron chi connectivity index (χ0n) is 20.2. The Kier molecular flexibility index (Phi) is 4.90. The maximum absolute atomic E-state index is 14.4. The summed E-state index contributed by atoms with van der Waals surface area (Å²) in [4.78, 5) is 45.8. The Morgan fingerprint density at radius 1 is 1.09 bits per heavy atom. The van der Waals surface area contributed by atoms with Gasteiger partial charge in [-0.25, -0.2) is 0 Å². The smallest absolute Gasteiger partial charge is 0.291 e. The molecular weight excluding hydrogens is 444 g/mol. The van der Waals surface area contributed by atoms with Gasteiger partial charge in [0.25, 0.3) is 11.8 Å². The molecule has 3 aromatic rings. The first kappa shape index (κ1) is 22.0. The summed E-state index contributed by atoms with van der Waals surface area (Å²) in [7, 11) is 0. The van der Waals surface area contributed by atoms with Crippen molar-refractivity contribution in [1.82, 2.24) is 4.90 Å². The lowest BCUT2D eigenvalue weighted by Gasteiger charge is -2.35. The Morgan fingerprint density at radius 3 is 2.60 bits per heavy atom. The first-order valence-corrected chi connectivity index (χ1v) is 12.3. The Hall–Kier alpha value is -3.45. The minimum Gasteiger partial charge on any atom is -0.450 e. The van der Waals surface area contributed by atoms with Crippen LogP contribution < -0.4 is 10.3 Å². The monoisotopic (exact) mass is 472 g/mol. The van der Waals surface area contributed by atoms with E-state index in [0.717, 1.165) is 36.1 Å². The van der Waals surface area contributed by atoms with E-state index in [0.29, 0.717) is 29.7 Å². The second-order valence-corrected chi connectivity index (χ2v) is 9.80. The summed E-state index contributed by atoms with van der Waals surface area (Å²) < 4.78 is 12.0. The number of carbonyl (C=O) groups excluding carboxylic acids is 2. The first-order valence-electron chi connectivity index (χ1n) is 12.3. The van der Waals surface area contributed by atoms with Gasteiger partial charge in [-0.1, -0.05) is 25.1 Å². The van der Waals surface area contributed by atoms with Gasteiger partial charge in [0.2, 0.25) is 5.76 Å². The van der Waals surface area contributed by atoms with Gasteiger partial charge in [0.05, 0.1) is 22.7 Å². The van der Waals surface area contributed by atoms with E-state index < -0.39 is 11.4 Å². The maximum Gasteiger partial charge on any atom is 0.291 e. The molecule has 2 amide bonds. The molecule has 0 bridgehead atoms. The predicted octanol–water partition coefficient (Wildman–Crippen LogP) is 4.04. The molecule has 1 fully saturated rings. The summed E-state index contributed by atoms with van der Waals surface area (Å²) in [6, 6.07) is 11.1. The predicted molar refractivity (Wildman–Crippen MR) is 132 cm³/mol. The quantitative estimate of drug-likeness (QED) is 0.573. The molecule has 3 aliphatic heterocycles. The minimum absolute atomic E-state index is 0.0368. The van der Waals surface area contributed by atoms with Gasteiger partial charge in [0.1, 0.15) is 5.58 Å². The van der Waals surface area contributed by atoms with Crippen LogP contribution in [0.5, 0.6) is 0 Å². The highest BCUT2D eigenvalue weighted by Gasteiger charge is 2.65. The number of hydrogen-bond acceptors (Lipinski definition) is 5. The number of amides is 2. The molecule has 2 unspecified atom stereocenters. The molecule has 0 aliphatic carbocycles. The third-order valence-corrected chi connectivity index (χ3v) is 7.71. The fourth-order valence-corrected chi connectivity index (χ4v) is 5.93. The highest BCUT2D eigenvalue weighted by molar-refractivity contribution is 6.17. The van der Waals surface area contributed by atoms with Crippen LogP contribution in [0.15, 0.2) is 45.6 Å². The Balaban J connectivity index is 1.69. The van der Waals surface area contributed by atoms with Gasteiger partial charge < -0.3 is 19.0 Å². The molecule has 4 heterocycles. The van der Waals surface area contributed by atoms with E-state index in [-0.39, 0.29) is 35.3 Å². The molecule has 3 aliphatic rings. The molecule has 1 saturated heterocycles. The van der Waals surface area contributed by atoms with Crippen LogP contribution in [0.2, 0.25) is 0 Å². The second kappa shape index (κ2) is 7.78. The van der Waals surface area contributed by atoms with E-state index in [4.69, 9.17) is 9.15 Å². The fourth-order valence-electron chi connectivity index (χ4n) is 5.93. The lowest BCUT2D eigenvalue weighted by atomic mass is 9.83. The molecule has 1 aromatic heterocycles. The molecule has 7 heteroatoms. The number of aryl methyl sites for hydroxylation is 2. The summed E-state index contributed by atoms with van der Waals surface area (Å²) >= 11 is 0. The lowest BCUT2D eigenvalue weighted by Crippen LogP contribution is -2.55. The molecule has 7 nitrogen and oxygen atoms in total. The Labute approximate surface area is 203 Å². The highest BCUT2D eigenvalue weighted by atomic mass is 16.5. The van der Waals surface area contributed by atoms with Crippen molar-refractivity contribution in [1.29, 1.82) is 0 Å². The van der Waals surface area contributed by atoms with Crippen molar-refractivity contribution in [3.05, 3.63) is 74.6 Å². The summed E-state index contributed by atoms with van der Waals surface area (Å²) in [5, 5.41) is 0.386. The van der Waals surface area contributed by atoms with E-state index in [1.807, 2.05) is 45.0 Å². The van der Waals surface area contributed by atoms with E-state index in [9.17, 15) is 14.4 Å². The normalized spacial score (nSPS) is 23.1. The summed E-state index contributed by atoms with van der Waals surface area (Å²) in [5.74, 6) is -0.749. The Morgan fingerprint density at radius 2 is 1.86 bits per heavy atom. The lowest BCUT2D eigenvalue weighted by molar-refractivity contribution is -0.126. The van der Waals surface area contributed by atoms with Crippen LogP contribution >= 0.6 is 0 Å². The fraction of sp³-hybridized carbons (Fsp3) is 0.393. The van der Waals surface area contributed by atoms with Crippen LogP contribution in [-0.2, 0) is 15.1 Å². The van der Waals surface area contributed by atoms with E-state index in [1.165, 1.54) is 0 Å². The summed E-state index contributed by atoms with van der Waals surface area (Å²) in [6.45, 7) is 7.22. The van der Waals surface area contributed by atoms with Crippen molar-refractivity contribution in [2.45, 2.75) is 51.7 Å². The average molecular weight is 473 g/mol. The average Bonchev–Trinajstić information content (AvgIpc) is 3.51. The van der Waals surface area contributed by atoms with Gasteiger partial charge >= 0.3 is 0 Å². The highest BCUT2D eigenvalue weighted by Crippen LogP contribution is 2.52. The molecule has 0 saturated carbocycles. The van der Waals surface area contributed by atoms with Gasteiger partial charge in [-0.2, -0.15) is 0 Å². The van der Waals surface area contributed by atoms with Gasteiger partial charge in [-0.15, -0.1) is 0 Å². The molecule has 0 N–H and O–H groups in total. The zero-order valence-corrected chi connectivity index (χ0v) is 20.2. The van der Waals surface area contributed by atoms with Crippen LogP contribution in [0.1, 0.15) is 59.0 Å². The number of rotatable bonds is 4. The van der Waals surface area contributed by atoms with E-state index in [1.54, 1.807) is 21.9 Å². The number of carbonyl (C=O) groups is 2. The maximum atomic E-state index is 14.4. The summed E-state index contributed by atoms with van der Waals surface area (Å²) in [6.07, 6.45) is 2.25. The van der Waals surface area contributed by atoms with Crippen molar-refractivity contribution < 1.29 is 18.7 Å². The van der Waals surface area contributed by atoms with Gasteiger partial charge in [-0.3, -0.25) is 14.4 Å². The molecule has 35 heavy (non-hydrogen) atoms. The molecule has 2 atom stereocenters. The van der Waals surface area contributed by atoms with Crippen molar-refractivity contribution >= 4 is 28.5 Å². The number of anilines is 1. The van der Waals surface area contributed by atoms with Gasteiger partial charge in [-0.05, 0) is 62.4 Å². The Bertz CT molecular complexity index is 1450. The number of nitrogens with zero attached hydrogens (tertiary/aromatic N) is 2. The van der Waals surface area contributed by atoms with Crippen LogP contribution in [0.25, 0.3) is 11.0 Å². The molecule has 180 valence electrons. The van der Waals surface area contributed by atoms with Crippen molar-refractivity contribution in [2.75, 3.05) is 24.6 Å². The number of fused-ring (bicyclic) bond motifs is 5. The second-order valence-electron chi connectivity index (χ2n) is 9.80. The topological polar surface area (TPSA) is 80.1 Å². The van der Waals surface area contributed by atoms with Crippen LogP contribution in [0.3, 0.4) is 0 Å². The first-order chi connectivity index (χ1) is 16.9. The van der Waals surface area contributed by atoms with Crippen LogP contribution in [0.4, 0.5) is 5.69 Å². The van der Waals surface area contributed by atoms with Crippen molar-refractivity contribution in [3.8, 4) is 0 Å². The summed E-state index contributed by atoms with van der Waals surface area (Å²) in [5.41, 5.74) is 1.91. The van der Waals surface area contributed by atoms with Crippen LogP contribution in [-0.4, -0.2) is 42.5 Å². The van der Waals surface area contributed by atoms with Gasteiger partial charge in [0, 0.05) is 25.3 Å². The number of hydrogen-bond donors (Lipinski definition) is 0. The standard InChI is InChI=1S/C28H28N2O5/c1-4-11-29-21-10-6-5-9-20(21)28(27(29)33)23-24(31)19-13-16(2)17(3)14-22(19)35-25(23)26(32)30(28)15-18-8-7-12-34-18/h5-6,9-10,13-14,18H,4,7-8,11-12,15H2,1-3H3. The number of benzene rings is 2. The third-order valence-electron chi connectivity index (χ3n) is 7.71. The molecule has 0 radical (unpaired) electrons. The largest absolute Gasteiger partial charge is 0.450 e. The van der Waals surface area contributed by atoms with Crippen molar-refractivity contribution in [3.63, 3.8) is 0 Å².